The fourth-order valence-electron chi connectivity index (χ4n) is 1.26. The normalized spacial score (nSPS) is 11.8. The van der Waals surface area contributed by atoms with Crippen LogP contribution in [0.5, 0.6) is 5.75 Å². The van der Waals surface area contributed by atoms with Crippen LogP contribution in [0.1, 0.15) is 29.8 Å². The molecule has 1 atom stereocenters. The van der Waals surface area contributed by atoms with Crippen LogP contribution in [0.4, 0.5) is 0 Å². The van der Waals surface area contributed by atoms with Crippen LogP contribution in [0.15, 0.2) is 30.4 Å². The third kappa shape index (κ3) is 3.34. The summed E-state index contributed by atoms with van der Waals surface area (Å²) in [5, 5.41) is 0. The quantitative estimate of drug-likeness (QED) is 0.593. The smallest absolute Gasteiger partial charge is 0.337 e. The third-order valence-electron chi connectivity index (χ3n) is 2.61. The van der Waals surface area contributed by atoms with Gasteiger partial charge in [0, 0.05) is 0 Å². The lowest BCUT2D eigenvalue weighted by atomic mass is 10.1. The molecule has 92 valence electrons. The molecule has 0 bridgehead atoms. The number of methoxy groups -OCH3 is 1. The highest BCUT2D eigenvalue weighted by Gasteiger charge is 2.11. The van der Waals surface area contributed by atoms with Crippen LogP contribution in [0, 0.1) is 6.92 Å². The van der Waals surface area contributed by atoms with E-state index in [0.717, 1.165) is 11.1 Å². The van der Waals surface area contributed by atoms with Crippen LogP contribution in [0.3, 0.4) is 0 Å². The summed E-state index contributed by atoms with van der Waals surface area (Å²) >= 11 is 0. The Morgan fingerprint density at radius 2 is 2.06 bits per heavy atom. The number of rotatable bonds is 4. The summed E-state index contributed by atoms with van der Waals surface area (Å²) < 4.78 is 10.4. The van der Waals surface area contributed by atoms with Gasteiger partial charge in [-0.1, -0.05) is 12.6 Å². The Morgan fingerprint density at radius 1 is 1.41 bits per heavy atom. The zero-order valence-corrected chi connectivity index (χ0v) is 10.7. The average molecular weight is 234 g/mol. The van der Waals surface area contributed by atoms with Gasteiger partial charge in [0.15, 0.2) is 0 Å². The van der Waals surface area contributed by atoms with Gasteiger partial charge >= 0.3 is 5.97 Å². The van der Waals surface area contributed by atoms with E-state index >= 15 is 0 Å². The number of aryl methyl sites for hydroxylation is 1. The van der Waals surface area contributed by atoms with Crippen molar-refractivity contribution in [3.8, 4) is 5.75 Å². The Morgan fingerprint density at radius 3 is 2.59 bits per heavy atom. The topological polar surface area (TPSA) is 35.5 Å². The second-order valence-electron chi connectivity index (χ2n) is 4.08. The number of hydrogen-bond donors (Lipinski definition) is 0. The van der Waals surface area contributed by atoms with Gasteiger partial charge in [-0.15, -0.1) is 0 Å². The minimum atomic E-state index is -0.363. The Hall–Kier alpha value is -1.77. The predicted octanol–water partition coefficient (Wildman–Crippen LogP) is 3.13. The minimum Gasteiger partial charge on any atom is -0.486 e. The lowest BCUT2D eigenvalue weighted by Gasteiger charge is -2.16. The molecule has 0 aliphatic rings. The highest BCUT2D eigenvalue weighted by Crippen LogP contribution is 2.22. The molecule has 3 nitrogen and oxygen atoms in total. The van der Waals surface area contributed by atoms with Crippen molar-refractivity contribution in [1.29, 1.82) is 0 Å². The lowest BCUT2D eigenvalue weighted by Crippen LogP contribution is -2.13. The Bertz CT molecular complexity index is 435. The Labute approximate surface area is 102 Å². The highest BCUT2D eigenvalue weighted by atomic mass is 16.5. The molecule has 0 saturated carbocycles. The summed E-state index contributed by atoms with van der Waals surface area (Å²) in [6.45, 7) is 9.60. The molecule has 0 saturated heterocycles. The van der Waals surface area contributed by atoms with E-state index in [0.29, 0.717) is 11.3 Å². The van der Waals surface area contributed by atoms with Crippen molar-refractivity contribution in [2.24, 2.45) is 0 Å². The molecule has 0 fully saturated rings. The van der Waals surface area contributed by atoms with Crippen molar-refractivity contribution in [2.75, 3.05) is 7.11 Å². The molecular formula is C14H18O3. The first kappa shape index (κ1) is 13.3. The van der Waals surface area contributed by atoms with E-state index in [9.17, 15) is 4.79 Å². The van der Waals surface area contributed by atoms with Crippen LogP contribution >= 0.6 is 0 Å². The zero-order chi connectivity index (χ0) is 13.0. The number of benzene rings is 1. The molecule has 17 heavy (non-hydrogen) atoms. The van der Waals surface area contributed by atoms with Crippen LogP contribution < -0.4 is 4.74 Å². The molecule has 0 N–H and O–H groups in total. The van der Waals surface area contributed by atoms with E-state index in [2.05, 4.69) is 11.3 Å². The average Bonchev–Trinajstić information content (AvgIpc) is 2.30. The van der Waals surface area contributed by atoms with Gasteiger partial charge in [0.25, 0.3) is 0 Å². The summed E-state index contributed by atoms with van der Waals surface area (Å²) in [6.07, 6.45) is -0.0819. The number of carbonyl (C=O) groups excluding carboxylic acids is 1. The number of carbonyl (C=O) groups is 1. The molecule has 1 aromatic rings. The second-order valence-corrected chi connectivity index (χ2v) is 4.08. The first-order valence-electron chi connectivity index (χ1n) is 5.46. The van der Waals surface area contributed by atoms with Gasteiger partial charge < -0.3 is 9.47 Å². The van der Waals surface area contributed by atoms with Gasteiger partial charge in [0.1, 0.15) is 11.9 Å². The van der Waals surface area contributed by atoms with Crippen LogP contribution in [-0.4, -0.2) is 19.2 Å². The summed E-state index contributed by atoms with van der Waals surface area (Å²) in [5.74, 6) is 0.321. The number of hydrogen-bond acceptors (Lipinski definition) is 3. The van der Waals surface area contributed by atoms with E-state index in [4.69, 9.17) is 4.74 Å². The van der Waals surface area contributed by atoms with Crippen LogP contribution in [0.2, 0.25) is 0 Å². The van der Waals surface area contributed by atoms with Crippen molar-refractivity contribution in [3.05, 3.63) is 41.5 Å². The molecule has 0 spiro atoms. The molecule has 0 amide bonds. The maximum atomic E-state index is 11.4. The first-order valence-corrected chi connectivity index (χ1v) is 5.46. The van der Waals surface area contributed by atoms with Crippen LogP contribution in [-0.2, 0) is 4.74 Å². The van der Waals surface area contributed by atoms with Crippen molar-refractivity contribution in [2.45, 2.75) is 26.9 Å². The lowest BCUT2D eigenvalue weighted by molar-refractivity contribution is 0.0600. The summed E-state index contributed by atoms with van der Waals surface area (Å²) in [4.78, 5) is 11.4. The summed E-state index contributed by atoms with van der Waals surface area (Å²) in [5.41, 5.74) is 2.40. The monoisotopic (exact) mass is 234 g/mol. The molecule has 0 heterocycles. The highest BCUT2D eigenvalue weighted by molar-refractivity contribution is 5.89. The van der Waals surface area contributed by atoms with Crippen molar-refractivity contribution in [3.63, 3.8) is 0 Å². The van der Waals surface area contributed by atoms with Crippen molar-refractivity contribution < 1.29 is 14.3 Å². The summed E-state index contributed by atoms with van der Waals surface area (Å²) in [6, 6.07) is 5.26. The summed E-state index contributed by atoms with van der Waals surface area (Å²) in [7, 11) is 1.36. The maximum Gasteiger partial charge on any atom is 0.337 e. The van der Waals surface area contributed by atoms with Gasteiger partial charge in [0.05, 0.1) is 12.7 Å². The van der Waals surface area contributed by atoms with E-state index in [1.165, 1.54) is 7.11 Å². The van der Waals surface area contributed by atoms with Gasteiger partial charge in [-0.05, 0) is 44.0 Å². The largest absolute Gasteiger partial charge is 0.486 e. The molecule has 0 aliphatic heterocycles. The molecule has 3 heteroatoms. The van der Waals surface area contributed by atoms with Gasteiger partial charge in [-0.2, -0.15) is 0 Å². The molecule has 1 aromatic carbocycles. The third-order valence-corrected chi connectivity index (χ3v) is 2.61. The second kappa shape index (κ2) is 5.53. The first-order chi connectivity index (χ1) is 7.95. The molecule has 1 unspecified atom stereocenters. The Balaban J connectivity index is 2.98. The number of ether oxygens (including phenoxy) is 2. The molecule has 0 aliphatic carbocycles. The van der Waals surface area contributed by atoms with E-state index in [-0.39, 0.29) is 12.1 Å². The van der Waals surface area contributed by atoms with E-state index in [1.54, 1.807) is 12.1 Å². The fraction of sp³-hybridized carbons (Fsp3) is 0.357. The van der Waals surface area contributed by atoms with Crippen LogP contribution in [0.25, 0.3) is 0 Å². The molecule has 1 rings (SSSR count). The molecule has 0 radical (unpaired) electrons. The zero-order valence-electron chi connectivity index (χ0n) is 10.7. The fourth-order valence-corrected chi connectivity index (χ4v) is 1.26. The molecule has 0 aromatic heterocycles. The minimum absolute atomic E-state index is 0.0819. The van der Waals surface area contributed by atoms with E-state index in [1.807, 2.05) is 26.8 Å². The van der Waals surface area contributed by atoms with E-state index < -0.39 is 0 Å². The number of esters is 1. The SMILES string of the molecule is C=C(C)C(C)Oc1cc(C(=O)OC)ccc1C. The van der Waals surface area contributed by atoms with Gasteiger partial charge in [0.2, 0.25) is 0 Å². The van der Waals surface area contributed by atoms with Gasteiger partial charge in [-0.3, -0.25) is 0 Å². The molecular weight excluding hydrogens is 216 g/mol. The Kier molecular flexibility index (Phi) is 4.32. The predicted molar refractivity (Wildman–Crippen MR) is 67.4 cm³/mol. The van der Waals surface area contributed by atoms with Crippen molar-refractivity contribution in [1.82, 2.24) is 0 Å². The maximum absolute atomic E-state index is 11.4. The van der Waals surface area contributed by atoms with Crippen molar-refractivity contribution >= 4 is 5.97 Å². The van der Waals surface area contributed by atoms with Gasteiger partial charge in [-0.25, -0.2) is 4.79 Å². The standard InChI is InChI=1S/C14H18O3/c1-9(2)11(4)17-13-8-12(14(15)16-5)7-6-10(13)3/h6-8,11H,1H2,2-5H3.